The molecule has 2 aromatic carbocycles. The molecule has 0 spiro atoms. The second kappa shape index (κ2) is 9.40. The molecule has 3 aromatic rings. The van der Waals surface area contributed by atoms with Crippen LogP contribution in [0.5, 0.6) is 11.5 Å². The zero-order valence-corrected chi connectivity index (χ0v) is 18.6. The molecule has 0 aliphatic carbocycles. The Morgan fingerprint density at radius 1 is 1.06 bits per heavy atom. The predicted octanol–water partition coefficient (Wildman–Crippen LogP) is 3.69. The van der Waals surface area contributed by atoms with E-state index in [0.29, 0.717) is 19.5 Å². The van der Waals surface area contributed by atoms with Gasteiger partial charge in [0.25, 0.3) is 0 Å². The van der Waals surface area contributed by atoms with Gasteiger partial charge in [0.05, 0.1) is 19.6 Å². The number of hydrogen-bond acceptors (Lipinski definition) is 5. The molecule has 1 aliphatic rings. The van der Waals surface area contributed by atoms with Crippen LogP contribution in [-0.2, 0) is 17.8 Å². The number of likely N-dealkylation sites (tertiary alicyclic amines) is 1. The molecule has 6 heteroatoms. The number of carbonyl (C=O) groups is 1. The molecule has 32 heavy (non-hydrogen) atoms. The lowest BCUT2D eigenvalue weighted by molar-refractivity contribution is -0.127. The minimum Gasteiger partial charge on any atom is -0.497 e. The molecule has 0 bridgehead atoms. The lowest BCUT2D eigenvalue weighted by Gasteiger charge is -2.27. The van der Waals surface area contributed by atoms with Crippen molar-refractivity contribution in [1.29, 1.82) is 0 Å². The second-order valence-corrected chi connectivity index (χ2v) is 8.40. The van der Waals surface area contributed by atoms with Gasteiger partial charge in [0, 0.05) is 31.0 Å². The van der Waals surface area contributed by atoms with E-state index in [1.807, 2.05) is 36.4 Å². The molecule has 2 N–H and O–H groups in total. The van der Waals surface area contributed by atoms with E-state index >= 15 is 0 Å². The summed E-state index contributed by atoms with van der Waals surface area (Å²) in [5.74, 6) is 1.36. The van der Waals surface area contributed by atoms with Crippen LogP contribution in [0.1, 0.15) is 17.5 Å². The predicted molar refractivity (Wildman–Crippen MR) is 124 cm³/mol. The first-order valence-electron chi connectivity index (χ1n) is 10.8. The van der Waals surface area contributed by atoms with Gasteiger partial charge in [-0.15, -0.1) is 0 Å². The quantitative estimate of drug-likeness (QED) is 0.589. The average molecular weight is 432 g/mol. The summed E-state index contributed by atoms with van der Waals surface area (Å²) in [4.78, 5) is 19.0. The second-order valence-electron chi connectivity index (χ2n) is 8.40. The number of rotatable bonds is 8. The number of hydrogen-bond donors (Lipinski definition) is 1. The van der Waals surface area contributed by atoms with Crippen LogP contribution < -0.4 is 15.2 Å². The van der Waals surface area contributed by atoms with Gasteiger partial charge in [-0.1, -0.05) is 24.3 Å². The Balaban J connectivity index is 1.53. The van der Waals surface area contributed by atoms with Gasteiger partial charge in [-0.2, -0.15) is 0 Å². The first-order chi connectivity index (χ1) is 15.5. The fraction of sp³-hybridized carbons (Fsp3) is 0.308. The molecule has 4 rings (SSSR count). The van der Waals surface area contributed by atoms with Gasteiger partial charge in [-0.25, -0.2) is 0 Å². The van der Waals surface area contributed by atoms with Crippen LogP contribution >= 0.6 is 0 Å². The molecule has 0 saturated carbocycles. The maximum Gasteiger partial charge on any atom is 0.225 e. The Kier molecular flexibility index (Phi) is 6.42. The highest BCUT2D eigenvalue weighted by Crippen LogP contribution is 2.37. The number of benzene rings is 2. The zero-order valence-electron chi connectivity index (χ0n) is 18.6. The van der Waals surface area contributed by atoms with Gasteiger partial charge < -0.3 is 15.2 Å². The average Bonchev–Trinajstić information content (AvgIpc) is 3.23. The number of primary amides is 1. The topological polar surface area (TPSA) is 77.7 Å². The minimum atomic E-state index is -0.594. The van der Waals surface area contributed by atoms with Crippen molar-refractivity contribution in [3.05, 3.63) is 78.1 Å². The molecule has 1 unspecified atom stereocenters. The van der Waals surface area contributed by atoms with Gasteiger partial charge in [0.15, 0.2) is 0 Å². The summed E-state index contributed by atoms with van der Waals surface area (Å²) in [6.45, 7) is 2.09. The fourth-order valence-electron chi connectivity index (χ4n) is 4.57. The van der Waals surface area contributed by atoms with Crippen molar-refractivity contribution in [2.24, 2.45) is 11.1 Å². The van der Waals surface area contributed by atoms with Crippen molar-refractivity contribution in [3.63, 3.8) is 0 Å². The van der Waals surface area contributed by atoms with Crippen LogP contribution in [0.2, 0.25) is 0 Å². The maximum absolute atomic E-state index is 12.6. The van der Waals surface area contributed by atoms with Crippen LogP contribution in [-0.4, -0.2) is 43.1 Å². The van der Waals surface area contributed by atoms with Crippen LogP contribution in [0.15, 0.2) is 67.0 Å². The van der Waals surface area contributed by atoms with Crippen molar-refractivity contribution < 1.29 is 14.3 Å². The monoisotopic (exact) mass is 431 g/mol. The summed E-state index contributed by atoms with van der Waals surface area (Å²) < 4.78 is 10.9. The minimum absolute atomic E-state index is 0.244. The highest BCUT2D eigenvalue weighted by molar-refractivity contribution is 5.82. The van der Waals surface area contributed by atoms with E-state index < -0.39 is 5.41 Å². The van der Waals surface area contributed by atoms with E-state index in [2.05, 4.69) is 28.1 Å². The summed E-state index contributed by atoms with van der Waals surface area (Å²) in [6.07, 6.45) is 4.92. The van der Waals surface area contributed by atoms with Crippen molar-refractivity contribution >= 4 is 5.91 Å². The molecule has 1 amide bonds. The normalized spacial score (nSPS) is 18.4. The molecule has 2 heterocycles. The standard InChI is InChI=1S/C26H29N3O3/c1-31-23-6-7-24(32-2)22(15-23)17-29-13-10-26(18-29,25(27)30)16-19-4-3-5-21(14-19)20-8-11-28-12-9-20/h3-9,11-12,14-15H,10,13,16-18H2,1-2H3,(H2,27,30). The Bertz CT molecular complexity index is 1090. The third-order valence-electron chi connectivity index (χ3n) is 6.32. The Hall–Kier alpha value is -3.38. The number of pyridine rings is 1. The van der Waals surface area contributed by atoms with Crippen LogP contribution in [0.25, 0.3) is 11.1 Å². The first kappa shape index (κ1) is 21.8. The van der Waals surface area contributed by atoms with E-state index in [0.717, 1.165) is 46.7 Å². The van der Waals surface area contributed by atoms with Gasteiger partial charge >= 0.3 is 0 Å². The van der Waals surface area contributed by atoms with Crippen molar-refractivity contribution in [2.45, 2.75) is 19.4 Å². The number of amides is 1. The van der Waals surface area contributed by atoms with Gasteiger partial charge in [-0.05, 0) is 66.4 Å². The Morgan fingerprint density at radius 2 is 1.88 bits per heavy atom. The number of aromatic nitrogens is 1. The summed E-state index contributed by atoms with van der Waals surface area (Å²) in [5.41, 5.74) is 9.73. The van der Waals surface area contributed by atoms with Crippen molar-refractivity contribution in [1.82, 2.24) is 9.88 Å². The van der Waals surface area contributed by atoms with Crippen molar-refractivity contribution in [3.8, 4) is 22.6 Å². The highest BCUT2D eigenvalue weighted by atomic mass is 16.5. The van der Waals surface area contributed by atoms with E-state index in [-0.39, 0.29) is 5.91 Å². The zero-order chi connectivity index (χ0) is 22.6. The molecule has 166 valence electrons. The van der Waals surface area contributed by atoms with Gasteiger partial charge in [0.2, 0.25) is 5.91 Å². The molecule has 0 radical (unpaired) electrons. The molecule has 1 fully saturated rings. The lowest BCUT2D eigenvalue weighted by Crippen LogP contribution is -2.41. The van der Waals surface area contributed by atoms with Gasteiger partial charge in [-0.3, -0.25) is 14.7 Å². The highest BCUT2D eigenvalue weighted by Gasteiger charge is 2.43. The third kappa shape index (κ3) is 4.60. The van der Waals surface area contributed by atoms with Crippen LogP contribution in [0.4, 0.5) is 0 Å². The molecule has 1 aromatic heterocycles. The third-order valence-corrected chi connectivity index (χ3v) is 6.32. The van der Waals surface area contributed by atoms with E-state index in [1.165, 1.54) is 0 Å². The van der Waals surface area contributed by atoms with E-state index in [1.54, 1.807) is 26.6 Å². The number of carbonyl (C=O) groups excluding carboxylic acids is 1. The molecular formula is C26H29N3O3. The largest absolute Gasteiger partial charge is 0.497 e. The maximum atomic E-state index is 12.6. The van der Waals surface area contributed by atoms with Crippen LogP contribution in [0, 0.1) is 5.41 Å². The van der Waals surface area contributed by atoms with E-state index in [4.69, 9.17) is 15.2 Å². The SMILES string of the molecule is COc1ccc(OC)c(CN2CCC(Cc3cccc(-c4ccncc4)c3)(C(N)=O)C2)c1. The summed E-state index contributed by atoms with van der Waals surface area (Å²) in [5, 5.41) is 0. The summed E-state index contributed by atoms with van der Waals surface area (Å²) >= 11 is 0. The lowest BCUT2D eigenvalue weighted by atomic mass is 9.79. The Labute approximate surface area is 189 Å². The smallest absolute Gasteiger partial charge is 0.225 e. The number of ether oxygens (including phenoxy) is 2. The molecule has 1 saturated heterocycles. The first-order valence-corrected chi connectivity index (χ1v) is 10.8. The molecule has 1 aliphatic heterocycles. The van der Waals surface area contributed by atoms with Crippen molar-refractivity contribution in [2.75, 3.05) is 27.3 Å². The molecule has 1 atom stereocenters. The number of nitrogens with zero attached hydrogens (tertiary/aromatic N) is 2. The molecular weight excluding hydrogens is 402 g/mol. The van der Waals surface area contributed by atoms with E-state index in [9.17, 15) is 4.79 Å². The number of methoxy groups -OCH3 is 2. The van der Waals surface area contributed by atoms with Crippen LogP contribution in [0.3, 0.4) is 0 Å². The summed E-state index contributed by atoms with van der Waals surface area (Å²) in [6, 6.07) is 18.1. The number of nitrogens with two attached hydrogens (primary N) is 1. The summed E-state index contributed by atoms with van der Waals surface area (Å²) in [7, 11) is 3.32. The fourth-order valence-corrected chi connectivity index (χ4v) is 4.57. The molecule has 6 nitrogen and oxygen atoms in total. The van der Waals surface area contributed by atoms with Gasteiger partial charge in [0.1, 0.15) is 11.5 Å². The Morgan fingerprint density at radius 3 is 2.59 bits per heavy atom.